The number of carbonyl (C=O) groups is 2. The van der Waals surface area contributed by atoms with E-state index in [0.717, 1.165) is 6.42 Å². The van der Waals surface area contributed by atoms with E-state index in [1.165, 1.54) is 36.0 Å². The number of Topliss-reactive ketones (excluding diaryl/α,β-unsaturated/α-hetero) is 1. The number of nitrogens with one attached hydrogen (secondary N) is 1. The highest BCUT2D eigenvalue weighted by atomic mass is 19.1. The van der Waals surface area contributed by atoms with Crippen LogP contribution in [-0.4, -0.2) is 35.0 Å². The van der Waals surface area contributed by atoms with E-state index in [4.69, 9.17) is 5.11 Å². The first-order valence-electron chi connectivity index (χ1n) is 8.78. The second-order valence-electron chi connectivity index (χ2n) is 6.85. The van der Waals surface area contributed by atoms with Crippen molar-refractivity contribution in [3.05, 3.63) is 69.4 Å². The summed E-state index contributed by atoms with van der Waals surface area (Å²) >= 11 is 0. The highest BCUT2D eigenvalue weighted by Crippen LogP contribution is 2.41. The standard InChI is InChI=1S/C20H21FN2O4/c1-22-19(26)17-7-14(18(25)8-13-6-15(13)11-24)10-23(20(17)27)9-12-2-4-16(21)5-3-12/h2-5,7,10,13,15,24H,6,8-9,11H2,1H3,(H,22,26)/t13-,15-/m1/s1. The fraction of sp³-hybridized carbons (Fsp3) is 0.350. The molecule has 142 valence electrons. The third-order valence-corrected chi connectivity index (χ3v) is 4.90. The van der Waals surface area contributed by atoms with E-state index in [-0.39, 0.29) is 54.1 Å². The molecule has 1 saturated carbocycles. The van der Waals surface area contributed by atoms with Crippen molar-refractivity contribution in [2.24, 2.45) is 11.8 Å². The lowest BCUT2D eigenvalue weighted by atomic mass is 10.0. The van der Waals surface area contributed by atoms with E-state index in [1.54, 1.807) is 12.1 Å². The summed E-state index contributed by atoms with van der Waals surface area (Å²) in [6.45, 7) is 0.179. The molecule has 1 heterocycles. The van der Waals surface area contributed by atoms with Crippen LogP contribution in [-0.2, 0) is 6.54 Å². The second-order valence-corrected chi connectivity index (χ2v) is 6.85. The predicted molar refractivity (Wildman–Crippen MR) is 97.2 cm³/mol. The van der Waals surface area contributed by atoms with Gasteiger partial charge in [-0.05, 0) is 42.0 Å². The van der Waals surface area contributed by atoms with Crippen LogP contribution in [0.2, 0.25) is 0 Å². The lowest BCUT2D eigenvalue weighted by Crippen LogP contribution is -2.32. The van der Waals surface area contributed by atoms with E-state index >= 15 is 0 Å². The minimum absolute atomic E-state index is 0.0610. The average molecular weight is 372 g/mol. The topological polar surface area (TPSA) is 88.4 Å². The number of rotatable bonds is 7. The molecule has 0 saturated heterocycles. The van der Waals surface area contributed by atoms with Gasteiger partial charge in [-0.1, -0.05) is 12.1 Å². The molecule has 3 rings (SSSR count). The number of hydrogen-bond donors (Lipinski definition) is 2. The second kappa shape index (κ2) is 7.84. The van der Waals surface area contributed by atoms with Crippen molar-refractivity contribution in [1.82, 2.24) is 9.88 Å². The molecule has 0 aliphatic heterocycles. The number of halogens is 1. The summed E-state index contributed by atoms with van der Waals surface area (Å²) < 4.78 is 14.4. The first-order chi connectivity index (χ1) is 12.9. The zero-order valence-electron chi connectivity index (χ0n) is 14.9. The van der Waals surface area contributed by atoms with Crippen molar-refractivity contribution in [3.63, 3.8) is 0 Å². The summed E-state index contributed by atoms with van der Waals surface area (Å²) in [5.41, 5.74) is 0.322. The van der Waals surface area contributed by atoms with E-state index in [0.29, 0.717) is 5.56 Å². The van der Waals surface area contributed by atoms with Gasteiger partial charge < -0.3 is 15.0 Å². The number of carbonyl (C=O) groups excluding carboxylic acids is 2. The van der Waals surface area contributed by atoms with Gasteiger partial charge in [-0.2, -0.15) is 0 Å². The molecule has 0 unspecified atom stereocenters. The number of pyridine rings is 1. The molecule has 1 amide bonds. The van der Waals surface area contributed by atoms with Crippen molar-refractivity contribution in [2.75, 3.05) is 13.7 Å². The van der Waals surface area contributed by atoms with Gasteiger partial charge in [0, 0.05) is 31.8 Å². The SMILES string of the molecule is CNC(=O)c1cc(C(=O)C[C@H]2C[C@@H]2CO)cn(Cc2ccc(F)cc2)c1=O. The predicted octanol–water partition coefficient (Wildman–Crippen LogP) is 1.60. The van der Waals surface area contributed by atoms with Crippen molar-refractivity contribution < 1.29 is 19.1 Å². The van der Waals surface area contributed by atoms with Crippen molar-refractivity contribution in [2.45, 2.75) is 19.4 Å². The maximum atomic E-state index is 13.1. The lowest BCUT2D eigenvalue weighted by Gasteiger charge is -2.11. The quantitative estimate of drug-likeness (QED) is 0.723. The fourth-order valence-electron chi connectivity index (χ4n) is 3.13. The molecule has 6 nitrogen and oxygen atoms in total. The average Bonchev–Trinajstić information content (AvgIpc) is 3.42. The molecule has 1 aliphatic carbocycles. The first kappa shape index (κ1) is 19.0. The van der Waals surface area contributed by atoms with Crippen molar-refractivity contribution in [3.8, 4) is 0 Å². The summed E-state index contributed by atoms with van der Waals surface area (Å²) in [4.78, 5) is 37.3. The number of nitrogens with zero attached hydrogens (tertiary/aromatic N) is 1. The maximum absolute atomic E-state index is 13.1. The summed E-state index contributed by atoms with van der Waals surface area (Å²) in [5, 5.41) is 11.5. The number of ketones is 1. The largest absolute Gasteiger partial charge is 0.396 e. The van der Waals surface area contributed by atoms with Gasteiger partial charge in [0.05, 0.1) is 6.54 Å². The van der Waals surface area contributed by atoms with Crippen molar-refractivity contribution in [1.29, 1.82) is 0 Å². The Hall–Kier alpha value is -2.80. The first-order valence-corrected chi connectivity index (χ1v) is 8.78. The van der Waals surface area contributed by atoms with Gasteiger partial charge in [-0.3, -0.25) is 14.4 Å². The van der Waals surface area contributed by atoms with Gasteiger partial charge in [0.2, 0.25) is 0 Å². The van der Waals surface area contributed by atoms with Gasteiger partial charge in [0.25, 0.3) is 11.5 Å². The number of aromatic nitrogens is 1. The zero-order valence-corrected chi connectivity index (χ0v) is 14.9. The van der Waals surface area contributed by atoms with Gasteiger partial charge >= 0.3 is 0 Å². The van der Waals surface area contributed by atoms with E-state index in [9.17, 15) is 18.8 Å². The number of hydrogen-bond acceptors (Lipinski definition) is 4. The monoisotopic (exact) mass is 372 g/mol. The third kappa shape index (κ3) is 4.31. The fourth-order valence-corrected chi connectivity index (χ4v) is 3.13. The summed E-state index contributed by atoms with van der Waals surface area (Å²) in [6, 6.07) is 6.99. The minimum atomic E-state index is -0.567. The Morgan fingerprint density at radius 1 is 1.26 bits per heavy atom. The number of amides is 1. The molecule has 0 bridgehead atoms. The zero-order chi connectivity index (χ0) is 19.6. The maximum Gasteiger partial charge on any atom is 0.263 e. The summed E-state index contributed by atoms with van der Waals surface area (Å²) in [5.74, 6) is -0.832. The van der Waals surface area contributed by atoms with Crippen LogP contribution >= 0.6 is 0 Å². The molecule has 7 heteroatoms. The number of aliphatic hydroxyl groups excluding tert-OH is 1. The number of aliphatic hydroxyl groups is 1. The molecule has 1 fully saturated rings. The van der Waals surface area contributed by atoms with Crippen LogP contribution in [0.15, 0.2) is 41.3 Å². The summed E-state index contributed by atoms with van der Waals surface area (Å²) in [6.07, 6.45) is 2.52. The van der Waals surface area contributed by atoms with Crippen LogP contribution in [0.25, 0.3) is 0 Å². The van der Waals surface area contributed by atoms with E-state index in [2.05, 4.69) is 5.32 Å². The Kier molecular flexibility index (Phi) is 5.51. The Balaban J connectivity index is 1.93. The van der Waals surface area contributed by atoms with Gasteiger partial charge in [-0.15, -0.1) is 0 Å². The van der Waals surface area contributed by atoms with Gasteiger partial charge in [0.1, 0.15) is 11.4 Å². The third-order valence-electron chi connectivity index (χ3n) is 4.90. The minimum Gasteiger partial charge on any atom is -0.396 e. The Labute approximate surface area is 155 Å². The summed E-state index contributed by atoms with van der Waals surface area (Å²) in [7, 11) is 1.41. The molecule has 2 N–H and O–H groups in total. The molecule has 1 aromatic heterocycles. The molecule has 27 heavy (non-hydrogen) atoms. The smallest absolute Gasteiger partial charge is 0.263 e. The lowest BCUT2D eigenvalue weighted by molar-refractivity contribution is 0.0961. The molecule has 0 spiro atoms. The highest BCUT2D eigenvalue weighted by Gasteiger charge is 2.37. The molecule has 2 aromatic rings. The molecular formula is C20H21FN2O4. The Morgan fingerprint density at radius 2 is 1.96 bits per heavy atom. The Bertz CT molecular complexity index is 921. The molecule has 1 aliphatic rings. The molecule has 0 radical (unpaired) electrons. The highest BCUT2D eigenvalue weighted by molar-refractivity contribution is 6.00. The van der Waals surface area contributed by atoms with Crippen molar-refractivity contribution >= 4 is 11.7 Å². The van der Waals surface area contributed by atoms with E-state index in [1.807, 2.05) is 0 Å². The molecule has 1 aromatic carbocycles. The van der Waals surface area contributed by atoms with Crippen LogP contribution in [0, 0.1) is 17.7 Å². The van der Waals surface area contributed by atoms with Crippen LogP contribution < -0.4 is 10.9 Å². The van der Waals surface area contributed by atoms with Crippen LogP contribution in [0.5, 0.6) is 0 Å². The molecular weight excluding hydrogens is 351 g/mol. The van der Waals surface area contributed by atoms with Crippen LogP contribution in [0.1, 0.15) is 39.1 Å². The molecule has 2 atom stereocenters. The van der Waals surface area contributed by atoms with Gasteiger partial charge in [-0.25, -0.2) is 4.39 Å². The normalized spacial score (nSPS) is 18.2. The van der Waals surface area contributed by atoms with Crippen LogP contribution in [0.4, 0.5) is 4.39 Å². The number of benzene rings is 1. The van der Waals surface area contributed by atoms with Gasteiger partial charge in [0.15, 0.2) is 5.78 Å². The van der Waals surface area contributed by atoms with Crippen LogP contribution in [0.3, 0.4) is 0 Å². The van der Waals surface area contributed by atoms with E-state index < -0.39 is 11.5 Å². The Morgan fingerprint density at radius 3 is 2.56 bits per heavy atom.